The van der Waals surface area contributed by atoms with Crippen molar-refractivity contribution in [3.63, 3.8) is 0 Å². The highest BCUT2D eigenvalue weighted by atomic mass is 35.5. The monoisotopic (exact) mass is 624 g/mol. The fourth-order valence-electron chi connectivity index (χ4n) is 4.79. The van der Waals surface area contributed by atoms with E-state index in [1.807, 2.05) is 6.92 Å². The van der Waals surface area contributed by atoms with Crippen molar-refractivity contribution in [3.8, 4) is 5.75 Å². The van der Waals surface area contributed by atoms with E-state index in [-0.39, 0.29) is 31.2 Å². The molecule has 3 amide bonds. The number of hydrogen-bond acceptors (Lipinski definition) is 4. The molecule has 2 atom stereocenters. The maximum absolute atomic E-state index is 13.7. The number of amides is 3. The third-order valence-corrected chi connectivity index (χ3v) is 9.11. The molecular weight excluding hydrogens is 606 g/mol. The highest BCUT2D eigenvalue weighted by molar-refractivity contribution is 6.55. The number of halogens is 5. The number of aryl methyl sites for hydroxylation is 1. The molecule has 0 N–H and O–H groups in total. The molecule has 39 heavy (non-hydrogen) atoms. The van der Waals surface area contributed by atoms with E-state index < -0.39 is 29.8 Å². The van der Waals surface area contributed by atoms with Gasteiger partial charge in [-0.15, -0.1) is 0 Å². The van der Waals surface area contributed by atoms with Crippen LogP contribution in [0.25, 0.3) is 0 Å². The molecule has 0 aromatic heterocycles. The lowest BCUT2D eigenvalue weighted by atomic mass is 9.86. The van der Waals surface area contributed by atoms with Gasteiger partial charge in [0.2, 0.25) is 0 Å². The summed E-state index contributed by atoms with van der Waals surface area (Å²) in [5.74, 6) is -1.35. The van der Waals surface area contributed by atoms with Gasteiger partial charge in [0.15, 0.2) is 0 Å². The Morgan fingerprint density at radius 3 is 1.90 bits per heavy atom. The average Bonchev–Trinajstić information content (AvgIpc) is 3.17. The average molecular weight is 627 g/mol. The largest absolute Gasteiger partial charge is 0.494 e. The number of hydrogen-bond donors (Lipinski definition) is 0. The second-order valence-corrected chi connectivity index (χ2v) is 11.2. The van der Waals surface area contributed by atoms with Crippen molar-refractivity contribution in [3.05, 3.63) is 89.8 Å². The summed E-state index contributed by atoms with van der Waals surface area (Å²) in [4.78, 5) is 43.3. The molecule has 6 nitrogen and oxygen atoms in total. The van der Waals surface area contributed by atoms with Crippen molar-refractivity contribution in [2.75, 3.05) is 11.5 Å². The molecule has 5 rings (SSSR count). The third-order valence-electron chi connectivity index (χ3n) is 6.90. The molecule has 0 saturated carbocycles. The number of rotatable bonds is 7. The van der Waals surface area contributed by atoms with Crippen LogP contribution in [0.2, 0.25) is 25.1 Å². The second kappa shape index (κ2) is 10.8. The van der Waals surface area contributed by atoms with E-state index in [4.69, 9.17) is 62.7 Å². The highest BCUT2D eigenvalue weighted by Crippen LogP contribution is 2.49. The molecular formula is C28H21Cl5N2O4. The predicted octanol–water partition coefficient (Wildman–Crippen LogP) is 8.19. The van der Waals surface area contributed by atoms with E-state index in [0.717, 1.165) is 23.3 Å². The lowest BCUT2D eigenvalue weighted by molar-refractivity contribution is -0.130. The number of anilines is 1. The Bertz CT molecular complexity index is 1480. The lowest BCUT2D eigenvalue weighted by Gasteiger charge is -2.49. The van der Waals surface area contributed by atoms with Gasteiger partial charge in [-0.2, -0.15) is 0 Å². The van der Waals surface area contributed by atoms with Crippen LogP contribution in [-0.4, -0.2) is 35.3 Å². The number of fused-ring (bicyclic) bond motifs is 1. The summed E-state index contributed by atoms with van der Waals surface area (Å²) in [5.41, 5.74) is 1.70. The molecule has 11 heteroatoms. The summed E-state index contributed by atoms with van der Waals surface area (Å²) < 4.78 is 5.78. The highest BCUT2D eigenvalue weighted by Gasteiger charge is 2.58. The van der Waals surface area contributed by atoms with Crippen LogP contribution in [0.3, 0.4) is 0 Å². The smallest absolute Gasteiger partial charge is 0.264 e. The Labute approximate surface area is 250 Å². The van der Waals surface area contributed by atoms with Gasteiger partial charge in [0.25, 0.3) is 17.7 Å². The summed E-state index contributed by atoms with van der Waals surface area (Å²) in [5, 5.41) is -0.194. The zero-order chi connectivity index (χ0) is 28.2. The molecule has 0 bridgehead atoms. The molecule has 2 aliphatic rings. The normalized spacial score (nSPS) is 18.5. The predicted molar refractivity (Wildman–Crippen MR) is 154 cm³/mol. The molecule has 202 valence electrons. The summed E-state index contributed by atoms with van der Waals surface area (Å²) in [6, 6.07) is 10.5. The van der Waals surface area contributed by atoms with E-state index in [1.54, 1.807) is 42.5 Å². The number of unbranched alkanes of at least 4 members (excludes halogenated alkanes) is 1. The van der Waals surface area contributed by atoms with E-state index in [9.17, 15) is 14.4 Å². The van der Waals surface area contributed by atoms with Crippen LogP contribution in [-0.2, 0) is 4.79 Å². The zero-order valence-corrected chi connectivity index (χ0v) is 24.5. The minimum absolute atomic E-state index is 0.142. The van der Waals surface area contributed by atoms with Crippen LogP contribution in [0.4, 0.5) is 5.69 Å². The summed E-state index contributed by atoms with van der Waals surface area (Å²) in [7, 11) is 0. The Morgan fingerprint density at radius 2 is 1.36 bits per heavy atom. The van der Waals surface area contributed by atoms with Crippen LogP contribution in [0.5, 0.6) is 5.75 Å². The van der Waals surface area contributed by atoms with Gasteiger partial charge in [0, 0.05) is 10.7 Å². The Morgan fingerprint density at radius 1 is 0.769 bits per heavy atom. The first-order valence-electron chi connectivity index (χ1n) is 12.1. The van der Waals surface area contributed by atoms with Crippen molar-refractivity contribution in [1.82, 2.24) is 4.90 Å². The minimum Gasteiger partial charge on any atom is -0.494 e. The Balaban J connectivity index is 1.57. The van der Waals surface area contributed by atoms with E-state index >= 15 is 0 Å². The van der Waals surface area contributed by atoms with Crippen LogP contribution in [0.15, 0.2) is 42.5 Å². The maximum Gasteiger partial charge on any atom is 0.264 e. The summed E-state index contributed by atoms with van der Waals surface area (Å²) in [6.45, 7) is 4.51. The summed E-state index contributed by atoms with van der Waals surface area (Å²) in [6.07, 6.45) is 1.92. The lowest BCUT2D eigenvalue weighted by Crippen LogP contribution is -2.67. The number of benzene rings is 3. The molecule has 0 spiro atoms. The fraction of sp³-hybridized carbons (Fsp3) is 0.250. The van der Waals surface area contributed by atoms with Crippen LogP contribution >= 0.6 is 58.0 Å². The topological polar surface area (TPSA) is 66.9 Å². The molecule has 0 aliphatic carbocycles. The van der Waals surface area contributed by atoms with Gasteiger partial charge in [-0.1, -0.05) is 89.5 Å². The van der Waals surface area contributed by atoms with Gasteiger partial charge in [0.05, 0.1) is 43.9 Å². The van der Waals surface area contributed by atoms with Crippen molar-refractivity contribution in [1.29, 1.82) is 0 Å². The fourth-order valence-corrected chi connectivity index (χ4v) is 5.98. The molecule has 2 unspecified atom stereocenters. The molecule has 1 saturated heterocycles. The zero-order valence-electron chi connectivity index (χ0n) is 20.7. The van der Waals surface area contributed by atoms with Gasteiger partial charge in [0.1, 0.15) is 11.8 Å². The minimum atomic E-state index is -1.17. The standard InChI is InChI=1S/C28H21Cl5N2O4/c1-3-4-11-39-16-9-6-14(7-10-16)24-25(28(38)34(24)15-8-5-13(2)17(29)12-15)35-26(36)18-19(27(35)37)21(31)23(33)22(32)20(18)30/h5-10,12,24-25H,3-4,11H2,1-2H3. The SMILES string of the molecule is CCCCOc1ccc(C2C(N3C(=O)c4c(Cl)c(Cl)c(Cl)c(Cl)c4C3=O)C(=O)N2c2ccc(C)c(Cl)c2)cc1. The molecule has 3 aromatic rings. The van der Waals surface area contributed by atoms with Crippen molar-refractivity contribution in [2.45, 2.75) is 38.8 Å². The number of nitrogens with zero attached hydrogens (tertiary/aromatic N) is 2. The van der Waals surface area contributed by atoms with E-state index in [2.05, 4.69) is 6.92 Å². The first-order chi connectivity index (χ1) is 18.6. The van der Waals surface area contributed by atoms with Crippen molar-refractivity contribution >= 4 is 81.4 Å². The van der Waals surface area contributed by atoms with Crippen LogP contribution in [0.1, 0.15) is 57.7 Å². The number of carbonyl (C=O) groups excluding carboxylic acids is 3. The third kappa shape index (κ3) is 4.56. The number of β-lactam (4-membered cyclic amide) rings is 1. The quantitative estimate of drug-likeness (QED) is 0.0872. The van der Waals surface area contributed by atoms with E-state index in [0.29, 0.717) is 28.6 Å². The van der Waals surface area contributed by atoms with Crippen LogP contribution < -0.4 is 9.64 Å². The van der Waals surface area contributed by atoms with Gasteiger partial charge >= 0.3 is 0 Å². The van der Waals surface area contributed by atoms with Gasteiger partial charge in [-0.05, 0) is 48.7 Å². The number of ether oxygens (including phenoxy) is 1. The number of carbonyl (C=O) groups is 3. The number of imide groups is 1. The summed E-state index contributed by atoms with van der Waals surface area (Å²) >= 11 is 31.4. The first-order valence-corrected chi connectivity index (χ1v) is 14.0. The second-order valence-electron chi connectivity index (χ2n) is 9.29. The molecule has 0 radical (unpaired) electrons. The maximum atomic E-state index is 13.7. The van der Waals surface area contributed by atoms with E-state index in [1.165, 1.54) is 4.90 Å². The molecule has 2 aliphatic heterocycles. The van der Waals surface area contributed by atoms with Gasteiger partial charge in [-0.3, -0.25) is 19.3 Å². The Kier molecular flexibility index (Phi) is 7.79. The molecule has 3 aromatic carbocycles. The van der Waals surface area contributed by atoms with Crippen molar-refractivity contribution < 1.29 is 19.1 Å². The molecule has 1 fully saturated rings. The van der Waals surface area contributed by atoms with Crippen LogP contribution in [0, 0.1) is 6.92 Å². The van der Waals surface area contributed by atoms with Gasteiger partial charge < -0.3 is 9.64 Å². The first kappa shape index (κ1) is 28.1. The van der Waals surface area contributed by atoms with Crippen molar-refractivity contribution in [2.24, 2.45) is 0 Å². The van der Waals surface area contributed by atoms with Gasteiger partial charge in [-0.25, -0.2) is 0 Å². The molecule has 2 heterocycles. The Hall–Kier alpha value is -2.48.